The molecule has 0 spiro atoms. The van der Waals surface area contributed by atoms with Gasteiger partial charge in [-0.2, -0.15) is 0 Å². The lowest BCUT2D eigenvalue weighted by molar-refractivity contribution is 0.257. The molecule has 1 aromatic carbocycles. The van der Waals surface area contributed by atoms with Gasteiger partial charge in [-0.05, 0) is 30.1 Å². The van der Waals surface area contributed by atoms with Crippen molar-refractivity contribution in [2.24, 2.45) is 0 Å². The van der Waals surface area contributed by atoms with E-state index in [1.807, 2.05) is 6.92 Å². The molecule has 1 heterocycles. The molecule has 0 aliphatic carbocycles. The van der Waals surface area contributed by atoms with E-state index < -0.39 is 0 Å². The maximum absolute atomic E-state index is 12.7. The standard InChI is InChI=1S/C8H8BFO/c1-5-7-4-6(10)2-3-8(7)9-11-5/h2-5,9H,1H3/t5-/m0/s1. The molecule has 56 valence electrons. The topological polar surface area (TPSA) is 9.23 Å². The van der Waals surface area contributed by atoms with Crippen LogP contribution in [0.4, 0.5) is 4.39 Å². The number of hydrogen-bond donors (Lipinski definition) is 0. The SMILES string of the molecule is C[C@@H]1OBc2ccc(F)cc21. The van der Waals surface area contributed by atoms with E-state index in [-0.39, 0.29) is 11.9 Å². The summed E-state index contributed by atoms with van der Waals surface area (Å²) in [6.07, 6.45) is 0.0562. The van der Waals surface area contributed by atoms with Crippen molar-refractivity contribution in [2.45, 2.75) is 13.0 Å². The Morgan fingerprint density at radius 3 is 3.18 bits per heavy atom. The van der Waals surface area contributed by atoms with Gasteiger partial charge in [-0.15, -0.1) is 0 Å². The summed E-state index contributed by atoms with van der Waals surface area (Å²) >= 11 is 0. The van der Waals surface area contributed by atoms with Gasteiger partial charge in [0.1, 0.15) is 5.82 Å². The van der Waals surface area contributed by atoms with Crippen LogP contribution < -0.4 is 5.46 Å². The number of halogens is 1. The van der Waals surface area contributed by atoms with Gasteiger partial charge in [0.05, 0.1) is 6.10 Å². The highest BCUT2D eigenvalue weighted by atomic mass is 19.1. The first-order chi connectivity index (χ1) is 5.27. The van der Waals surface area contributed by atoms with Crippen molar-refractivity contribution in [3.05, 3.63) is 29.6 Å². The molecule has 2 rings (SSSR count). The van der Waals surface area contributed by atoms with Gasteiger partial charge in [-0.1, -0.05) is 6.07 Å². The number of benzene rings is 1. The van der Waals surface area contributed by atoms with Gasteiger partial charge in [-0.3, -0.25) is 0 Å². The molecular weight excluding hydrogens is 142 g/mol. The fourth-order valence-electron chi connectivity index (χ4n) is 1.38. The molecule has 0 radical (unpaired) electrons. The second-order valence-electron chi connectivity index (χ2n) is 2.80. The van der Waals surface area contributed by atoms with Gasteiger partial charge in [0.25, 0.3) is 0 Å². The molecule has 1 atom stereocenters. The van der Waals surface area contributed by atoms with Crippen molar-refractivity contribution in [1.82, 2.24) is 0 Å². The quantitative estimate of drug-likeness (QED) is 0.499. The Bertz CT molecular complexity index is 287. The highest BCUT2D eigenvalue weighted by Gasteiger charge is 2.20. The molecule has 11 heavy (non-hydrogen) atoms. The molecule has 0 N–H and O–H groups in total. The molecule has 0 unspecified atom stereocenters. The smallest absolute Gasteiger partial charge is 0.309 e. The molecule has 1 aliphatic rings. The Labute approximate surface area is 65.5 Å². The fourth-order valence-corrected chi connectivity index (χ4v) is 1.38. The number of hydrogen-bond acceptors (Lipinski definition) is 1. The summed E-state index contributed by atoms with van der Waals surface area (Å²) in [5.41, 5.74) is 2.10. The summed E-state index contributed by atoms with van der Waals surface area (Å²) in [5.74, 6) is -0.180. The van der Waals surface area contributed by atoms with Crippen molar-refractivity contribution >= 4 is 12.9 Å². The van der Waals surface area contributed by atoms with E-state index in [1.54, 1.807) is 12.1 Å². The molecule has 0 saturated heterocycles. The zero-order valence-electron chi connectivity index (χ0n) is 6.30. The third kappa shape index (κ3) is 1.05. The minimum atomic E-state index is -0.180. The van der Waals surface area contributed by atoms with E-state index in [0.29, 0.717) is 7.48 Å². The number of fused-ring (bicyclic) bond motifs is 1. The average molecular weight is 150 g/mol. The molecule has 1 nitrogen and oxygen atoms in total. The van der Waals surface area contributed by atoms with Gasteiger partial charge < -0.3 is 4.65 Å². The maximum Gasteiger partial charge on any atom is 0.309 e. The van der Waals surface area contributed by atoms with Crippen LogP contribution in [0.25, 0.3) is 0 Å². The third-order valence-corrected chi connectivity index (χ3v) is 2.03. The van der Waals surface area contributed by atoms with Crippen molar-refractivity contribution in [1.29, 1.82) is 0 Å². The molecular formula is C8H8BFO. The molecule has 0 amide bonds. The van der Waals surface area contributed by atoms with Crippen LogP contribution in [-0.2, 0) is 4.65 Å². The summed E-state index contributed by atoms with van der Waals surface area (Å²) in [6, 6.07) is 4.81. The lowest BCUT2D eigenvalue weighted by Crippen LogP contribution is -2.10. The van der Waals surface area contributed by atoms with Crippen molar-refractivity contribution in [2.75, 3.05) is 0 Å². The van der Waals surface area contributed by atoms with Gasteiger partial charge in [0, 0.05) is 0 Å². The number of rotatable bonds is 0. The first kappa shape index (κ1) is 6.86. The van der Waals surface area contributed by atoms with E-state index in [0.717, 1.165) is 11.0 Å². The first-order valence-corrected chi connectivity index (χ1v) is 3.67. The van der Waals surface area contributed by atoms with Gasteiger partial charge in [0.2, 0.25) is 0 Å². The second kappa shape index (κ2) is 2.34. The highest BCUT2D eigenvalue weighted by Crippen LogP contribution is 2.19. The van der Waals surface area contributed by atoms with Crippen molar-refractivity contribution < 1.29 is 9.04 Å². The predicted molar refractivity (Wildman–Crippen MR) is 42.7 cm³/mol. The molecule has 0 aromatic heterocycles. The monoisotopic (exact) mass is 150 g/mol. The summed E-state index contributed by atoms with van der Waals surface area (Å²) in [6.45, 7) is 1.94. The summed E-state index contributed by atoms with van der Waals surface area (Å²) in [4.78, 5) is 0. The lowest BCUT2D eigenvalue weighted by atomic mass is 9.87. The first-order valence-electron chi connectivity index (χ1n) is 3.67. The van der Waals surface area contributed by atoms with Crippen molar-refractivity contribution in [3.63, 3.8) is 0 Å². The minimum absolute atomic E-state index is 0.0562. The Hall–Kier alpha value is -0.825. The summed E-state index contributed by atoms with van der Waals surface area (Å²) in [5, 5.41) is 0. The maximum atomic E-state index is 12.7. The summed E-state index contributed by atoms with van der Waals surface area (Å²) < 4.78 is 18.0. The Morgan fingerprint density at radius 1 is 1.55 bits per heavy atom. The van der Waals surface area contributed by atoms with Gasteiger partial charge >= 0.3 is 7.48 Å². The molecule has 0 bridgehead atoms. The Balaban J connectivity index is 2.52. The second-order valence-corrected chi connectivity index (χ2v) is 2.80. The largest absolute Gasteiger partial charge is 0.428 e. The molecule has 1 aromatic rings. The van der Waals surface area contributed by atoms with Crippen LogP contribution in [0.5, 0.6) is 0 Å². The van der Waals surface area contributed by atoms with Crippen LogP contribution in [0.1, 0.15) is 18.6 Å². The van der Waals surface area contributed by atoms with E-state index in [1.165, 1.54) is 6.07 Å². The Morgan fingerprint density at radius 2 is 2.36 bits per heavy atom. The molecule has 0 saturated carbocycles. The predicted octanol–water partition coefficient (Wildman–Crippen LogP) is 0.894. The molecule has 3 heteroatoms. The van der Waals surface area contributed by atoms with Crippen molar-refractivity contribution in [3.8, 4) is 0 Å². The minimum Gasteiger partial charge on any atom is -0.428 e. The van der Waals surface area contributed by atoms with Crippen LogP contribution in [-0.4, -0.2) is 7.48 Å². The highest BCUT2D eigenvalue weighted by molar-refractivity contribution is 6.49. The van der Waals surface area contributed by atoms with Crippen LogP contribution >= 0.6 is 0 Å². The zero-order chi connectivity index (χ0) is 7.84. The zero-order valence-corrected chi connectivity index (χ0v) is 6.30. The lowest BCUT2D eigenvalue weighted by Gasteiger charge is -2.03. The van der Waals surface area contributed by atoms with E-state index in [4.69, 9.17) is 4.65 Å². The van der Waals surface area contributed by atoms with E-state index in [9.17, 15) is 4.39 Å². The van der Waals surface area contributed by atoms with Crippen LogP contribution in [0.3, 0.4) is 0 Å². The summed E-state index contributed by atoms with van der Waals surface area (Å²) in [7, 11) is 0.622. The fraction of sp³-hybridized carbons (Fsp3) is 0.250. The third-order valence-electron chi connectivity index (χ3n) is 2.03. The van der Waals surface area contributed by atoms with Crippen LogP contribution in [0.2, 0.25) is 0 Å². The van der Waals surface area contributed by atoms with E-state index in [2.05, 4.69) is 0 Å². The average Bonchev–Trinajstić information content (AvgIpc) is 2.33. The van der Waals surface area contributed by atoms with Gasteiger partial charge in [0.15, 0.2) is 0 Å². The normalized spacial score (nSPS) is 21.1. The van der Waals surface area contributed by atoms with Crippen LogP contribution in [0, 0.1) is 5.82 Å². The molecule has 0 fully saturated rings. The molecule has 1 aliphatic heterocycles. The van der Waals surface area contributed by atoms with E-state index >= 15 is 0 Å². The van der Waals surface area contributed by atoms with Gasteiger partial charge in [-0.25, -0.2) is 4.39 Å². The Kier molecular flexibility index (Phi) is 1.46. The van der Waals surface area contributed by atoms with Crippen LogP contribution in [0.15, 0.2) is 18.2 Å².